The summed E-state index contributed by atoms with van der Waals surface area (Å²) in [6.07, 6.45) is 0. The highest BCUT2D eigenvalue weighted by atomic mass is 32.2. The second kappa shape index (κ2) is 5.59. The zero-order valence-electron chi connectivity index (χ0n) is 11.4. The van der Waals surface area contributed by atoms with Gasteiger partial charge in [0.15, 0.2) is 0 Å². The van der Waals surface area contributed by atoms with Crippen molar-refractivity contribution in [2.75, 3.05) is 0 Å². The molecular formula is C14H18O4S. The van der Waals surface area contributed by atoms with E-state index in [2.05, 4.69) is 0 Å². The third-order valence-electron chi connectivity index (χ3n) is 2.64. The fourth-order valence-electron chi connectivity index (χ4n) is 1.97. The summed E-state index contributed by atoms with van der Waals surface area (Å²) in [7, 11) is -4.22. The number of aryl methyl sites for hydroxylation is 2. The number of rotatable bonds is 1. The molecule has 0 radical (unpaired) electrons. The normalized spacial score (nSPS) is 11.0. The number of phenolic OH excluding ortho intramolecular Hbond substituents is 1. The van der Waals surface area contributed by atoms with Gasteiger partial charge < -0.3 is 5.11 Å². The van der Waals surface area contributed by atoms with Crippen LogP contribution < -0.4 is 0 Å². The molecule has 5 heteroatoms. The minimum absolute atomic E-state index is 0.111. The van der Waals surface area contributed by atoms with E-state index in [9.17, 15) is 13.5 Å². The first-order valence-corrected chi connectivity index (χ1v) is 7.44. The van der Waals surface area contributed by atoms with Gasteiger partial charge in [0.1, 0.15) is 5.75 Å². The van der Waals surface area contributed by atoms with E-state index < -0.39 is 10.1 Å². The van der Waals surface area contributed by atoms with E-state index in [0.29, 0.717) is 16.3 Å². The molecule has 0 aromatic heterocycles. The Morgan fingerprint density at radius 1 is 1.00 bits per heavy atom. The molecule has 104 valence electrons. The van der Waals surface area contributed by atoms with Crippen molar-refractivity contribution in [1.82, 2.24) is 0 Å². The SMILES string of the molecule is CC.Cc1cc(O)c2c(C)cc(S(=O)(=O)O)cc2c1. The van der Waals surface area contributed by atoms with E-state index in [4.69, 9.17) is 4.55 Å². The first kappa shape index (κ1) is 15.5. The van der Waals surface area contributed by atoms with Crippen LogP contribution in [0.4, 0.5) is 0 Å². The molecule has 19 heavy (non-hydrogen) atoms. The van der Waals surface area contributed by atoms with Crippen molar-refractivity contribution in [2.24, 2.45) is 0 Å². The molecule has 2 aromatic carbocycles. The van der Waals surface area contributed by atoms with Crippen LogP contribution in [0.3, 0.4) is 0 Å². The largest absolute Gasteiger partial charge is 0.507 e. The average molecular weight is 282 g/mol. The molecular weight excluding hydrogens is 264 g/mol. The molecule has 0 bridgehead atoms. The monoisotopic (exact) mass is 282 g/mol. The molecule has 0 aliphatic rings. The van der Waals surface area contributed by atoms with E-state index in [1.54, 1.807) is 26.0 Å². The lowest BCUT2D eigenvalue weighted by Crippen LogP contribution is -1.99. The van der Waals surface area contributed by atoms with E-state index in [1.165, 1.54) is 12.1 Å². The van der Waals surface area contributed by atoms with Crippen molar-refractivity contribution < 1.29 is 18.1 Å². The van der Waals surface area contributed by atoms with Crippen LogP contribution in [0, 0.1) is 13.8 Å². The molecule has 0 fully saturated rings. The van der Waals surface area contributed by atoms with Gasteiger partial charge in [0, 0.05) is 5.39 Å². The smallest absolute Gasteiger partial charge is 0.294 e. The Hall–Kier alpha value is -1.59. The molecule has 2 N–H and O–H groups in total. The zero-order chi connectivity index (χ0) is 14.8. The van der Waals surface area contributed by atoms with E-state index in [1.807, 2.05) is 13.8 Å². The number of hydrogen-bond acceptors (Lipinski definition) is 3. The Balaban J connectivity index is 0.000000861. The number of benzene rings is 2. The van der Waals surface area contributed by atoms with Gasteiger partial charge in [0.2, 0.25) is 0 Å². The van der Waals surface area contributed by atoms with Gasteiger partial charge in [-0.3, -0.25) is 4.55 Å². The van der Waals surface area contributed by atoms with Gasteiger partial charge in [-0.1, -0.05) is 19.9 Å². The van der Waals surface area contributed by atoms with Crippen LogP contribution in [0.1, 0.15) is 25.0 Å². The Morgan fingerprint density at radius 3 is 2.11 bits per heavy atom. The fraction of sp³-hybridized carbons (Fsp3) is 0.286. The Morgan fingerprint density at radius 2 is 1.58 bits per heavy atom. The number of phenols is 1. The minimum Gasteiger partial charge on any atom is -0.507 e. The van der Waals surface area contributed by atoms with Crippen molar-refractivity contribution in [2.45, 2.75) is 32.6 Å². The lowest BCUT2D eigenvalue weighted by Gasteiger charge is -2.08. The van der Waals surface area contributed by atoms with Crippen LogP contribution in [0.5, 0.6) is 5.75 Å². The molecule has 4 nitrogen and oxygen atoms in total. The van der Waals surface area contributed by atoms with Crippen molar-refractivity contribution >= 4 is 20.9 Å². The first-order chi connectivity index (χ1) is 8.79. The van der Waals surface area contributed by atoms with Crippen LogP contribution in [0.2, 0.25) is 0 Å². The quantitative estimate of drug-likeness (QED) is 0.786. The molecule has 0 saturated heterocycles. The Bertz CT molecular complexity index is 703. The van der Waals surface area contributed by atoms with Crippen LogP contribution in [0.25, 0.3) is 10.8 Å². The molecule has 0 amide bonds. The summed E-state index contributed by atoms with van der Waals surface area (Å²) in [5.74, 6) is 0.111. The predicted octanol–water partition coefficient (Wildman–Crippen LogP) is 3.44. The summed E-state index contributed by atoms with van der Waals surface area (Å²) in [6, 6.07) is 6.07. The summed E-state index contributed by atoms with van der Waals surface area (Å²) in [6.45, 7) is 7.49. The molecule has 0 aliphatic carbocycles. The standard InChI is InChI=1S/C12H12O4S.C2H6/c1-7-3-9-6-10(17(14,15)16)5-8(2)12(9)11(13)4-7;1-2/h3-6,13H,1-2H3,(H,14,15,16);1-2H3. The highest BCUT2D eigenvalue weighted by Gasteiger charge is 2.13. The lowest BCUT2D eigenvalue weighted by atomic mass is 10.0. The molecule has 2 rings (SSSR count). The van der Waals surface area contributed by atoms with Crippen LogP contribution in [0.15, 0.2) is 29.2 Å². The van der Waals surface area contributed by atoms with Gasteiger partial charge in [-0.25, -0.2) is 0 Å². The molecule has 0 unspecified atom stereocenters. The van der Waals surface area contributed by atoms with Crippen molar-refractivity contribution in [3.63, 3.8) is 0 Å². The second-order valence-electron chi connectivity index (χ2n) is 4.10. The molecule has 0 spiro atoms. The minimum atomic E-state index is -4.22. The summed E-state index contributed by atoms with van der Waals surface area (Å²) < 4.78 is 31.2. The van der Waals surface area contributed by atoms with Crippen molar-refractivity contribution in [3.8, 4) is 5.75 Å². The highest BCUT2D eigenvalue weighted by molar-refractivity contribution is 7.85. The molecule has 2 aromatic rings. The fourth-order valence-corrected chi connectivity index (χ4v) is 2.57. The summed E-state index contributed by atoms with van der Waals surface area (Å²) >= 11 is 0. The van der Waals surface area contributed by atoms with Gasteiger partial charge in [0.25, 0.3) is 10.1 Å². The summed E-state index contributed by atoms with van der Waals surface area (Å²) in [5.41, 5.74) is 1.43. The third-order valence-corrected chi connectivity index (χ3v) is 3.47. The van der Waals surface area contributed by atoms with E-state index >= 15 is 0 Å². The Labute approximate surface area is 113 Å². The van der Waals surface area contributed by atoms with Crippen LogP contribution >= 0.6 is 0 Å². The maximum absolute atomic E-state index is 11.1. The Kier molecular flexibility index (Phi) is 4.55. The van der Waals surface area contributed by atoms with E-state index in [-0.39, 0.29) is 10.6 Å². The number of fused-ring (bicyclic) bond motifs is 1. The van der Waals surface area contributed by atoms with Crippen molar-refractivity contribution in [1.29, 1.82) is 0 Å². The van der Waals surface area contributed by atoms with Gasteiger partial charge >= 0.3 is 0 Å². The van der Waals surface area contributed by atoms with Gasteiger partial charge in [-0.05, 0) is 48.6 Å². The second-order valence-corrected chi connectivity index (χ2v) is 5.52. The molecule has 0 atom stereocenters. The summed E-state index contributed by atoms with van der Waals surface area (Å²) in [4.78, 5) is -0.160. The van der Waals surface area contributed by atoms with Crippen LogP contribution in [-0.4, -0.2) is 18.1 Å². The maximum Gasteiger partial charge on any atom is 0.294 e. The summed E-state index contributed by atoms with van der Waals surface area (Å²) in [5, 5.41) is 11.0. The van der Waals surface area contributed by atoms with Gasteiger partial charge in [0.05, 0.1) is 4.90 Å². The lowest BCUT2D eigenvalue weighted by molar-refractivity contribution is 0.479. The first-order valence-electron chi connectivity index (χ1n) is 6.00. The van der Waals surface area contributed by atoms with E-state index in [0.717, 1.165) is 5.56 Å². The molecule has 0 aliphatic heterocycles. The topological polar surface area (TPSA) is 74.6 Å². The predicted molar refractivity (Wildman–Crippen MR) is 76.2 cm³/mol. The highest BCUT2D eigenvalue weighted by Crippen LogP contribution is 2.31. The molecule has 0 saturated carbocycles. The third kappa shape index (κ3) is 3.24. The number of hydrogen-bond donors (Lipinski definition) is 2. The van der Waals surface area contributed by atoms with Gasteiger partial charge in [-0.15, -0.1) is 0 Å². The zero-order valence-corrected chi connectivity index (χ0v) is 12.2. The number of aromatic hydroxyl groups is 1. The van der Waals surface area contributed by atoms with Crippen molar-refractivity contribution in [3.05, 3.63) is 35.4 Å². The van der Waals surface area contributed by atoms with Crippen LogP contribution in [-0.2, 0) is 10.1 Å². The average Bonchev–Trinajstić information content (AvgIpc) is 2.28. The molecule has 0 heterocycles. The maximum atomic E-state index is 11.1. The van der Waals surface area contributed by atoms with Gasteiger partial charge in [-0.2, -0.15) is 8.42 Å².